The summed E-state index contributed by atoms with van der Waals surface area (Å²) in [4.78, 5) is 13.1. The smallest absolute Gasteiger partial charge is 0.251 e. The number of nitrogens with one attached hydrogen (secondary N) is 1. The van der Waals surface area contributed by atoms with Crippen LogP contribution in [0.1, 0.15) is 42.7 Å². The molecule has 5 nitrogen and oxygen atoms in total. The molecule has 0 aromatic heterocycles. The first-order valence-corrected chi connectivity index (χ1v) is 10.2. The van der Waals surface area contributed by atoms with Gasteiger partial charge in [-0.1, -0.05) is 6.07 Å². The summed E-state index contributed by atoms with van der Waals surface area (Å²) in [5, 5.41) is 2.97. The average Bonchev–Trinajstić information content (AvgIpc) is 2.63. The summed E-state index contributed by atoms with van der Waals surface area (Å²) < 4.78 is 22.6. The fourth-order valence-corrected chi connectivity index (χ4v) is 3.02. The van der Waals surface area contributed by atoms with Crippen LogP contribution in [0.2, 0.25) is 0 Å². The third kappa shape index (κ3) is 5.08. The molecule has 0 aliphatic rings. The third-order valence-corrected chi connectivity index (χ3v) is 4.80. The molecule has 0 aliphatic heterocycles. The van der Waals surface area contributed by atoms with Gasteiger partial charge in [0.1, 0.15) is 0 Å². The second-order valence-corrected chi connectivity index (χ2v) is 7.13. The summed E-state index contributed by atoms with van der Waals surface area (Å²) in [6, 6.07) is 12.3. The van der Waals surface area contributed by atoms with Crippen molar-refractivity contribution in [1.29, 1.82) is 0 Å². The molecule has 2 aromatic carbocycles. The van der Waals surface area contributed by atoms with Gasteiger partial charge in [-0.2, -0.15) is 0 Å². The predicted molar refractivity (Wildman–Crippen MR) is 103 cm³/mol. The zero-order chi connectivity index (χ0) is 19.1. The van der Waals surface area contributed by atoms with E-state index in [9.17, 15) is 9.00 Å². The number of hydrogen-bond acceptors (Lipinski definition) is 4. The summed E-state index contributed by atoms with van der Waals surface area (Å²) in [7, 11) is -1.06. The minimum Gasteiger partial charge on any atom is -0.490 e. The Morgan fingerprint density at radius 2 is 1.65 bits per heavy atom. The molecule has 1 N–H and O–H groups in total. The van der Waals surface area contributed by atoms with Gasteiger partial charge in [0.2, 0.25) is 0 Å². The van der Waals surface area contributed by atoms with Gasteiger partial charge in [-0.25, -0.2) is 0 Å². The maximum atomic E-state index is 12.4. The molecule has 0 saturated carbocycles. The van der Waals surface area contributed by atoms with Crippen molar-refractivity contribution >= 4 is 16.7 Å². The molecule has 2 atom stereocenters. The molecule has 1 amide bonds. The second-order valence-electron chi connectivity index (χ2n) is 5.75. The Hall–Kier alpha value is -2.34. The Labute approximate surface area is 157 Å². The Morgan fingerprint density at radius 1 is 1.04 bits per heavy atom. The highest BCUT2D eigenvalue weighted by Crippen LogP contribution is 2.30. The number of ether oxygens (including phenoxy) is 2. The molecule has 0 aliphatic carbocycles. The van der Waals surface area contributed by atoms with Crippen molar-refractivity contribution < 1.29 is 18.5 Å². The Morgan fingerprint density at radius 3 is 2.23 bits per heavy atom. The van der Waals surface area contributed by atoms with E-state index in [2.05, 4.69) is 5.32 Å². The maximum Gasteiger partial charge on any atom is 0.251 e. The van der Waals surface area contributed by atoms with Crippen LogP contribution in [0.4, 0.5) is 0 Å². The monoisotopic (exact) mass is 375 g/mol. The molecule has 2 rings (SSSR count). The van der Waals surface area contributed by atoms with Crippen molar-refractivity contribution in [2.24, 2.45) is 0 Å². The first kappa shape index (κ1) is 20.0. The van der Waals surface area contributed by atoms with Crippen LogP contribution in [0, 0.1) is 0 Å². The van der Waals surface area contributed by atoms with Gasteiger partial charge in [-0.05, 0) is 62.7 Å². The molecule has 0 heterocycles. The van der Waals surface area contributed by atoms with Gasteiger partial charge in [0.05, 0.1) is 19.3 Å². The van der Waals surface area contributed by atoms with Crippen LogP contribution in [-0.4, -0.2) is 29.6 Å². The van der Waals surface area contributed by atoms with Gasteiger partial charge in [0.25, 0.3) is 5.91 Å². The highest BCUT2D eigenvalue weighted by molar-refractivity contribution is 7.84. The number of carbonyl (C=O) groups excluding carboxylic acids is 1. The molecule has 0 fully saturated rings. The Kier molecular flexibility index (Phi) is 7.21. The Bertz CT molecular complexity index is 774. The van der Waals surface area contributed by atoms with Crippen molar-refractivity contribution in [3.63, 3.8) is 0 Å². The summed E-state index contributed by atoms with van der Waals surface area (Å²) in [6.45, 7) is 6.85. The van der Waals surface area contributed by atoms with Gasteiger partial charge in [0, 0.05) is 27.5 Å². The number of rotatable bonds is 8. The standard InChI is InChI=1S/C20H25NO4S/c1-5-24-18-12-9-16(13-19(18)25-6-2)14(3)21-20(22)15-7-10-17(11-8-15)26(4)23/h7-14H,5-6H2,1-4H3,(H,21,22). The van der Waals surface area contributed by atoms with E-state index < -0.39 is 10.8 Å². The molecule has 140 valence electrons. The zero-order valence-corrected chi connectivity index (χ0v) is 16.4. The van der Waals surface area contributed by atoms with Gasteiger partial charge in [-0.3, -0.25) is 9.00 Å². The summed E-state index contributed by atoms with van der Waals surface area (Å²) in [6.07, 6.45) is 1.61. The molecular formula is C20H25NO4S. The van der Waals surface area contributed by atoms with E-state index in [0.29, 0.717) is 35.2 Å². The van der Waals surface area contributed by atoms with Crippen LogP contribution >= 0.6 is 0 Å². The molecule has 26 heavy (non-hydrogen) atoms. The first-order valence-electron chi connectivity index (χ1n) is 8.60. The zero-order valence-electron chi connectivity index (χ0n) is 15.6. The summed E-state index contributed by atoms with van der Waals surface area (Å²) >= 11 is 0. The van der Waals surface area contributed by atoms with E-state index in [1.54, 1.807) is 30.5 Å². The molecule has 0 radical (unpaired) electrons. The lowest BCUT2D eigenvalue weighted by atomic mass is 10.1. The maximum absolute atomic E-state index is 12.4. The van der Waals surface area contributed by atoms with Crippen molar-refractivity contribution in [3.05, 3.63) is 53.6 Å². The molecule has 6 heteroatoms. The van der Waals surface area contributed by atoms with Crippen LogP contribution in [0.5, 0.6) is 11.5 Å². The summed E-state index contributed by atoms with van der Waals surface area (Å²) in [5.74, 6) is 1.18. The second kappa shape index (κ2) is 9.38. The van der Waals surface area contributed by atoms with E-state index in [-0.39, 0.29) is 11.9 Å². The number of benzene rings is 2. The van der Waals surface area contributed by atoms with Gasteiger partial charge < -0.3 is 14.8 Å². The van der Waals surface area contributed by atoms with Crippen molar-refractivity contribution in [3.8, 4) is 11.5 Å². The van der Waals surface area contributed by atoms with Crippen LogP contribution in [0.15, 0.2) is 47.4 Å². The number of carbonyl (C=O) groups is 1. The minimum absolute atomic E-state index is 0.183. The lowest BCUT2D eigenvalue weighted by Gasteiger charge is -2.17. The van der Waals surface area contributed by atoms with Crippen molar-refractivity contribution in [2.75, 3.05) is 19.5 Å². The van der Waals surface area contributed by atoms with E-state index in [1.807, 2.05) is 39.0 Å². The minimum atomic E-state index is -1.06. The van der Waals surface area contributed by atoms with Crippen LogP contribution < -0.4 is 14.8 Å². The van der Waals surface area contributed by atoms with Crippen LogP contribution in [0.25, 0.3) is 0 Å². The predicted octanol–water partition coefficient (Wildman–Crippen LogP) is 3.71. The fourth-order valence-electron chi connectivity index (χ4n) is 2.50. The van der Waals surface area contributed by atoms with Gasteiger partial charge in [-0.15, -0.1) is 0 Å². The molecular weight excluding hydrogens is 350 g/mol. The lowest BCUT2D eigenvalue weighted by Crippen LogP contribution is -2.26. The van der Waals surface area contributed by atoms with E-state index in [1.165, 1.54) is 0 Å². The number of amides is 1. The highest BCUT2D eigenvalue weighted by atomic mass is 32.2. The van der Waals surface area contributed by atoms with Crippen LogP contribution in [-0.2, 0) is 10.8 Å². The van der Waals surface area contributed by atoms with Crippen molar-refractivity contribution in [2.45, 2.75) is 31.7 Å². The highest BCUT2D eigenvalue weighted by Gasteiger charge is 2.14. The van der Waals surface area contributed by atoms with Gasteiger partial charge in [0.15, 0.2) is 11.5 Å². The number of hydrogen-bond donors (Lipinski definition) is 1. The normalized spacial score (nSPS) is 12.9. The van der Waals surface area contributed by atoms with Gasteiger partial charge >= 0.3 is 0 Å². The molecule has 0 bridgehead atoms. The molecule has 0 saturated heterocycles. The van der Waals surface area contributed by atoms with Crippen molar-refractivity contribution in [1.82, 2.24) is 5.32 Å². The average molecular weight is 375 g/mol. The topological polar surface area (TPSA) is 64.6 Å². The quantitative estimate of drug-likeness (QED) is 0.764. The molecule has 0 spiro atoms. The van der Waals surface area contributed by atoms with E-state index in [4.69, 9.17) is 9.47 Å². The Balaban J connectivity index is 2.12. The van der Waals surface area contributed by atoms with Crippen LogP contribution in [0.3, 0.4) is 0 Å². The SMILES string of the molecule is CCOc1ccc(C(C)NC(=O)c2ccc(S(C)=O)cc2)cc1OCC. The largest absolute Gasteiger partial charge is 0.490 e. The third-order valence-electron chi connectivity index (χ3n) is 3.86. The summed E-state index contributed by atoms with van der Waals surface area (Å²) in [5.41, 5.74) is 1.46. The molecule has 2 unspecified atom stereocenters. The molecule has 2 aromatic rings. The van der Waals surface area contributed by atoms with E-state index in [0.717, 1.165) is 5.56 Å². The first-order chi connectivity index (χ1) is 12.5. The van der Waals surface area contributed by atoms with E-state index >= 15 is 0 Å². The fraction of sp³-hybridized carbons (Fsp3) is 0.350. The lowest BCUT2D eigenvalue weighted by molar-refractivity contribution is 0.0939.